The van der Waals surface area contributed by atoms with Gasteiger partial charge in [0.2, 0.25) is 11.8 Å². The summed E-state index contributed by atoms with van der Waals surface area (Å²) >= 11 is 6.04. The molecule has 4 aromatic rings. The van der Waals surface area contributed by atoms with Crippen molar-refractivity contribution in [3.05, 3.63) is 113 Å². The summed E-state index contributed by atoms with van der Waals surface area (Å²) in [5, 5.41) is 12.7. The molecule has 330 valence electrons. The van der Waals surface area contributed by atoms with Gasteiger partial charge in [-0.15, -0.1) is 0 Å². The highest BCUT2D eigenvalue weighted by atomic mass is 35.5. The number of hydrogen-bond acceptors (Lipinski definition) is 11. The van der Waals surface area contributed by atoms with Crippen LogP contribution in [0.15, 0.2) is 91.0 Å². The minimum absolute atomic E-state index is 0.0281. The van der Waals surface area contributed by atoms with Gasteiger partial charge in [-0.25, -0.2) is 0 Å². The molecule has 0 aromatic heterocycles. The topological polar surface area (TPSA) is 221 Å². The second-order valence-electron chi connectivity index (χ2n) is 15.6. The number of carbonyl (C=O) groups excluding carboxylic acids is 5. The summed E-state index contributed by atoms with van der Waals surface area (Å²) in [5.74, 6) is -3.00. The predicted molar refractivity (Wildman–Crippen MR) is 243 cm³/mol. The van der Waals surface area contributed by atoms with Gasteiger partial charge in [0.05, 0.1) is 12.1 Å². The molecule has 0 spiro atoms. The standard InChI is InChI=1S/C49H55ClN6O7/c1-31-26-44(59)47(56(2)49(61)37(19-21-52)29-39(57)16-7-32-5-9-34(10-6-32)35-11-14-38(50)15-12-35)36-13-18-46(63-25-23-54)41(30-36)40-27-33(8-17-45(40)62-24-22-53)28-42(55-48(31)60)43(58)4-3-20-51/h5-18,27,30-31,37,42,47H,3-4,19,21-26,28-29,52-54H2,1-2H3,(H,55,60)/b16-7+/t31-,37-,42+,47+/m1/s1. The highest BCUT2D eigenvalue weighted by Crippen LogP contribution is 2.41. The fourth-order valence-corrected chi connectivity index (χ4v) is 7.70. The number of likely N-dealkylation sites (N-methyl/N-ethyl adjacent to an activating group) is 1. The van der Waals surface area contributed by atoms with E-state index in [9.17, 15) is 29.2 Å². The number of halogens is 1. The number of nitrogens with two attached hydrogens (primary N) is 3. The Balaban J connectivity index is 1.52. The highest BCUT2D eigenvalue weighted by molar-refractivity contribution is 6.30. The second-order valence-corrected chi connectivity index (χ2v) is 16.0. The normalized spacial score (nSPS) is 16.9. The Morgan fingerprint density at radius 3 is 2.11 bits per heavy atom. The second kappa shape index (κ2) is 23.3. The molecule has 13 nitrogen and oxygen atoms in total. The van der Waals surface area contributed by atoms with Crippen molar-refractivity contribution in [3.63, 3.8) is 0 Å². The van der Waals surface area contributed by atoms with Crippen LogP contribution >= 0.6 is 11.6 Å². The average molecular weight is 875 g/mol. The zero-order valence-electron chi connectivity index (χ0n) is 35.7. The zero-order chi connectivity index (χ0) is 45.5. The number of nitriles is 1. The fourth-order valence-electron chi connectivity index (χ4n) is 7.57. The average Bonchev–Trinajstić information content (AvgIpc) is 3.28. The lowest BCUT2D eigenvalue weighted by molar-refractivity contribution is -0.143. The number of hydrogen-bond donors (Lipinski definition) is 4. The number of allylic oxidation sites excluding steroid dienone is 1. The molecule has 0 fully saturated rings. The van der Waals surface area contributed by atoms with Crippen LogP contribution in [0.2, 0.25) is 5.02 Å². The Bertz CT molecular complexity index is 2330. The largest absolute Gasteiger partial charge is 0.492 e. The van der Waals surface area contributed by atoms with E-state index in [1.165, 1.54) is 18.0 Å². The first-order valence-corrected chi connectivity index (χ1v) is 21.4. The molecular formula is C49H55ClN6O7. The van der Waals surface area contributed by atoms with Crippen molar-refractivity contribution in [1.82, 2.24) is 10.2 Å². The molecule has 7 N–H and O–H groups in total. The number of amides is 2. The quantitative estimate of drug-likeness (QED) is 0.0850. The van der Waals surface area contributed by atoms with E-state index in [2.05, 4.69) is 5.32 Å². The van der Waals surface area contributed by atoms with E-state index in [0.29, 0.717) is 38.8 Å². The smallest absolute Gasteiger partial charge is 0.226 e. The number of ether oxygens (including phenoxy) is 2. The van der Waals surface area contributed by atoms with Crippen LogP contribution in [0.3, 0.4) is 0 Å². The van der Waals surface area contributed by atoms with E-state index in [-0.39, 0.29) is 82.9 Å². The molecule has 0 unspecified atom stereocenters. The summed E-state index contributed by atoms with van der Waals surface area (Å²) in [7, 11) is 1.50. The summed E-state index contributed by atoms with van der Waals surface area (Å²) in [6, 6.07) is 25.4. The Hall–Kier alpha value is -6.17. The van der Waals surface area contributed by atoms with Crippen LogP contribution in [0.25, 0.3) is 28.3 Å². The maximum absolute atomic E-state index is 14.6. The summed E-state index contributed by atoms with van der Waals surface area (Å²) in [5.41, 5.74) is 22.6. The number of benzene rings is 4. The van der Waals surface area contributed by atoms with Crippen molar-refractivity contribution in [3.8, 4) is 39.8 Å². The molecule has 1 aliphatic rings. The molecule has 1 heterocycles. The van der Waals surface area contributed by atoms with E-state index in [4.69, 9.17) is 38.3 Å². The van der Waals surface area contributed by atoms with E-state index in [1.807, 2.05) is 60.7 Å². The third-order valence-corrected chi connectivity index (χ3v) is 11.1. The first kappa shape index (κ1) is 47.9. The Kier molecular flexibility index (Phi) is 17.7. The van der Waals surface area contributed by atoms with Gasteiger partial charge in [-0.1, -0.05) is 73.1 Å². The van der Waals surface area contributed by atoms with Crippen LogP contribution in [-0.4, -0.2) is 80.0 Å². The van der Waals surface area contributed by atoms with Crippen molar-refractivity contribution >= 4 is 46.8 Å². The molecule has 14 heteroatoms. The van der Waals surface area contributed by atoms with Crippen molar-refractivity contribution in [1.29, 1.82) is 5.26 Å². The van der Waals surface area contributed by atoms with Gasteiger partial charge < -0.3 is 36.9 Å². The van der Waals surface area contributed by atoms with Gasteiger partial charge in [-0.2, -0.15) is 5.26 Å². The van der Waals surface area contributed by atoms with Gasteiger partial charge >= 0.3 is 0 Å². The molecule has 63 heavy (non-hydrogen) atoms. The number of fused-ring (bicyclic) bond motifs is 5. The van der Waals surface area contributed by atoms with E-state index < -0.39 is 41.5 Å². The first-order chi connectivity index (χ1) is 30.4. The molecular weight excluding hydrogens is 820 g/mol. The predicted octanol–water partition coefficient (Wildman–Crippen LogP) is 6.00. The van der Waals surface area contributed by atoms with Crippen LogP contribution in [0.4, 0.5) is 0 Å². The Morgan fingerprint density at radius 1 is 0.873 bits per heavy atom. The summed E-state index contributed by atoms with van der Waals surface area (Å²) in [6.45, 7) is 2.48. The molecule has 0 saturated heterocycles. The zero-order valence-corrected chi connectivity index (χ0v) is 36.4. The number of Topliss-reactive ketones (excluding diaryl/α,β-unsaturated/α-hetero) is 2. The maximum Gasteiger partial charge on any atom is 0.226 e. The molecule has 4 aromatic carbocycles. The molecule has 1 aliphatic heterocycles. The van der Waals surface area contributed by atoms with Gasteiger partial charge in [0.25, 0.3) is 0 Å². The van der Waals surface area contributed by atoms with Crippen LogP contribution in [-0.2, 0) is 30.4 Å². The maximum atomic E-state index is 14.6. The van der Waals surface area contributed by atoms with E-state index in [1.54, 1.807) is 43.3 Å². The van der Waals surface area contributed by atoms with E-state index in [0.717, 1.165) is 16.7 Å². The SMILES string of the molecule is C[C@@H]1CC(=O)[C@@H](N(C)C(=O)[C@H](CCN)CC(=O)/C=C/c2ccc(-c3ccc(Cl)cc3)cc2)c2ccc(OCCN)c(c2)-c2cc(ccc2OCCN)C[C@@H](C(=O)CCC#N)NC1=O. The lowest BCUT2D eigenvalue weighted by atomic mass is 9.88. The summed E-state index contributed by atoms with van der Waals surface area (Å²) < 4.78 is 12.2. The first-order valence-electron chi connectivity index (χ1n) is 21.1. The van der Waals surface area contributed by atoms with Crippen molar-refractivity contribution < 1.29 is 33.4 Å². The van der Waals surface area contributed by atoms with Crippen LogP contribution in [0, 0.1) is 23.2 Å². The van der Waals surface area contributed by atoms with Gasteiger partial charge in [0.1, 0.15) is 30.8 Å². The van der Waals surface area contributed by atoms with Crippen molar-refractivity contribution in [2.75, 3.05) is 39.9 Å². The molecule has 0 saturated carbocycles. The minimum Gasteiger partial charge on any atom is -0.492 e. The number of carbonyl (C=O) groups is 5. The molecule has 4 bridgehead atoms. The third kappa shape index (κ3) is 12.9. The van der Waals surface area contributed by atoms with E-state index >= 15 is 0 Å². The van der Waals surface area contributed by atoms with Crippen LogP contribution in [0.5, 0.6) is 11.5 Å². The van der Waals surface area contributed by atoms with Gasteiger partial charge in [0, 0.05) is 73.8 Å². The summed E-state index contributed by atoms with van der Waals surface area (Å²) in [4.78, 5) is 71.1. The lowest BCUT2D eigenvalue weighted by Gasteiger charge is -2.32. The molecule has 2 amide bonds. The highest BCUT2D eigenvalue weighted by Gasteiger charge is 2.36. The fraction of sp³-hybridized carbons (Fsp3) is 0.347. The van der Waals surface area contributed by atoms with Gasteiger partial charge in [-0.05, 0) is 89.7 Å². The number of nitrogens with one attached hydrogen (secondary N) is 1. The number of ketones is 3. The third-order valence-electron chi connectivity index (χ3n) is 10.9. The minimum atomic E-state index is -1.22. The van der Waals surface area contributed by atoms with Gasteiger partial charge in [0.15, 0.2) is 17.3 Å². The molecule has 0 radical (unpaired) electrons. The Labute approximate surface area is 373 Å². The van der Waals surface area contributed by atoms with Gasteiger partial charge in [-0.3, -0.25) is 24.0 Å². The molecule has 4 atom stereocenters. The van der Waals surface area contributed by atoms with Crippen molar-refractivity contribution in [2.24, 2.45) is 29.0 Å². The number of rotatable bonds is 18. The van der Waals surface area contributed by atoms with Crippen LogP contribution in [0.1, 0.15) is 61.8 Å². The molecule has 0 aliphatic carbocycles. The monoisotopic (exact) mass is 874 g/mol. The number of nitrogens with zero attached hydrogens (tertiary/aromatic N) is 2. The van der Waals surface area contributed by atoms with Crippen LogP contribution < -0.4 is 32.0 Å². The van der Waals surface area contributed by atoms with Crippen molar-refractivity contribution in [2.45, 2.75) is 57.5 Å². The Morgan fingerprint density at radius 2 is 1.49 bits per heavy atom. The molecule has 5 rings (SSSR count). The summed E-state index contributed by atoms with van der Waals surface area (Å²) in [6.07, 6.45) is 2.85. The lowest BCUT2D eigenvalue weighted by Crippen LogP contribution is -2.45.